The number of aromatic nitrogens is 2. The van der Waals surface area contributed by atoms with Gasteiger partial charge in [-0.2, -0.15) is 0 Å². The van der Waals surface area contributed by atoms with Gasteiger partial charge in [-0.15, -0.1) is 0 Å². The van der Waals surface area contributed by atoms with Crippen LogP contribution in [0.2, 0.25) is 0 Å². The number of ether oxygens (including phenoxy) is 1. The molecular formula is C14H18N4O2. The first-order valence-corrected chi connectivity index (χ1v) is 6.74. The van der Waals surface area contributed by atoms with E-state index in [1.54, 1.807) is 6.20 Å². The molecule has 0 unspecified atom stereocenters. The van der Waals surface area contributed by atoms with Crippen molar-refractivity contribution < 1.29 is 9.53 Å². The highest BCUT2D eigenvalue weighted by Crippen LogP contribution is 2.18. The van der Waals surface area contributed by atoms with Gasteiger partial charge in [0.15, 0.2) is 0 Å². The molecule has 0 saturated carbocycles. The van der Waals surface area contributed by atoms with Gasteiger partial charge in [-0.25, -0.2) is 4.98 Å². The molecule has 20 heavy (non-hydrogen) atoms. The summed E-state index contributed by atoms with van der Waals surface area (Å²) in [6.45, 7) is 1.55. The van der Waals surface area contributed by atoms with E-state index >= 15 is 0 Å². The third-order valence-electron chi connectivity index (χ3n) is 3.75. The molecule has 1 aliphatic rings. The Morgan fingerprint density at radius 3 is 3.05 bits per heavy atom. The van der Waals surface area contributed by atoms with Crippen molar-refractivity contribution in [2.24, 2.45) is 5.73 Å². The number of hydrogen-bond acceptors (Lipinski definition) is 4. The van der Waals surface area contributed by atoms with Crippen LogP contribution in [0.4, 0.5) is 0 Å². The number of nitrogens with two attached hydrogens (primary N) is 1. The van der Waals surface area contributed by atoms with E-state index in [0.717, 1.165) is 11.2 Å². The molecule has 0 bridgehead atoms. The summed E-state index contributed by atoms with van der Waals surface area (Å²) in [7, 11) is 0. The zero-order valence-corrected chi connectivity index (χ0v) is 11.2. The van der Waals surface area contributed by atoms with Crippen LogP contribution in [0.3, 0.4) is 0 Å². The molecule has 6 nitrogen and oxygen atoms in total. The van der Waals surface area contributed by atoms with E-state index in [-0.39, 0.29) is 5.91 Å². The second-order valence-corrected chi connectivity index (χ2v) is 5.18. The lowest BCUT2D eigenvalue weighted by atomic mass is 9.90. The number of pyridine rings is 1. The number of nitrogens with zero attached hydrogens (tertiary/aromatic N) is 2. The fraction of sp³-hybridized carbons (Fsp3) is 0.429. The van der Waals surface area contributed by atoms with Gasteiger partial charge in [0.05, 0.1) is 5.54 Å². The van der Waals surface area contributed by atoms with Crippen molar-refractivity contribution in [2.75, 3.05) is 13.2 Å². The average molecular weight is 274 g/mol. The first-order chi connectivity index (χ1) is 9.67. The molecule has 0 radical (unpaired) electrons. The van der Waals surface area contributed by atoms with Crippen molar-refractivity contribution >= 4 is 11.6 Å². The molecule has 3 N–H and O–H groups in total. The Morgan fingerprint density at radius 1 is 1.45 bits per heavy atom. The summed E-state index contributed by atoms with van der Waals surface area (Å²) in [6.07, 6.45) is 6.69. The Labute approximate surface area is 116 Å². The third-order valence-corrected chi connectivity index (χ3v) is 3.75. The lowest BCUT2D eigenvalue weighted by Gasteiger charge is -2.31. The largest absolute Gasteiger partial charge is 0.381 e. The fourth-order valence-electron chi connectivity index (χ4n) is 2.38. The van der Waals surface area contributed by atoms with Crippen LogP contribution in [-0.2, 0) is 16.1 Å². The van der Waals surface area contributed by atoms with Crippen LogP contribution in [0.15, 0.2) is 30.7 Å². The van der Waals surface area contributed by atoms with Gasteiger partial charge in [0.2, 0.25) is 5.91 Å². The van der Waals surface area contributed by atoms with Gasteiger partial charge in [0.1, 0.15) is 5.65 Å². The van der Waals surface area contributed by atoms with E-state index in [1.807, 2.05) is 28.9 Å². The molecule has 1 saturated heterocycles. The van der Waals surface area contributed by atoms with Crippen molar-refractivity contribution in [1.29, 1.82) is 0 Å². The predicted octanol–water partition coefficient (Wildman–Crippen LogP) is 0.458. The molecule has 0 spiro atoms. The normalized spacial score (nSPS) is 18.1. The van der Waals surface area contributed by atoms with Crippen molar-refractivity contribution in [3.05, 3.63) is 36.3 Å². The highest BCUT2D eigenvalue weighted by Gasteiger charge is 2.35. The minimum absolute atomic E-state index is 0.107. The van der Waals surface area contributed by atoms with Gasteiger partial charge in [-0.05, 0) is 30.5 Å². The van der Waals surface area contributed by atoms with Crippen molar-refractivity contribution in [1.82, 2.24) is 14.7 Å². The van der Waals surface area contributed by atoms with E-state index in [9.17, 15) is 4.79 Å². The molecule has 1 aliphatic heterocycles. The summed E-state index contributed by atoms with van der Waals surface area (Å²) < 4.78 is 7.17. The van der Waals surface area contributed by atoms with Crippen molar-refractivity contribution in [3.63, 3.8) is 0 Å². The number of fused-ring (bicyclic) bond motifs is 1. The number of rotatable bonds is 3. The quantitative estimate of drug-likeness (QED) is 0.852. The molecule has 106 valence electrons. The first-order valence-electron chi connectivity index (χ1n) is 6.74. The summed E-state index contributed by atoms with van der Waals surface area (Å²) in [4.78, 5) is 16.4. The Morgan fingerprint density at radius 2 is 2.25 bits per heavy atom. The summed E-state index contributed by atoms with van der Waals surface area (Å²) in [5.74, 6) is -0.107. The van der Waals surface area contributed by atoms with E-state index in [4.69, 9.17) is 10.5 Å². The number of imidazole rings is 1. The smallest absolute Gasteiger partial charge is 0.240 e. The Balaban J connectivity index is 1.64. The Hall–Kier alpha value is -1.92. The van der Waals surface area contributed by atoms with Gasteiger partial charge in [0, 0.05) is 38.3 Å². The van der Waals surface area contributed by atoms with Crippen molar-refractivity contribution in [3.8, 4) is 0 Å². The average Bonchev–Trinajstić information content (AvgIpc) is 2.93. The van der Waals surface area contributed by atoms with E-state index in [1.165, 1.54) is 0 Å². The second kappa shape index (κ2) is 5.22. The lowest BCUT2D eigenvalue weighted by molar-refractivity contribution is -0.129. The molecule has 3 heterocycles. The topological polar surface area (TPSA) is 81.7 Å². The van der Waals surface area contributed by atoms with Crippen LogP contribution < -0.4 is 11.1 Å². The fourth-order valence-corrected chi connectivity index (χ4v) is 2.38. The van der Waals surface area contributed by atoms with Crippen LogP contribution in [-0.4, -0.2) is 34.0 Å². The number of amides is 1. The molecular weight excluding hydrogens is 256 g/mol. The zero-order valence-electron chi connectivity index (χ0n) is 11.2. The van der Waals surface area contributed by atoms with E-state index < -0.39 is 5.54 Å². The van der Waals surface area contributed by atoms with Gasteiger partial charge in [-0.1, -0.05) is 0 Å². The molecule has 2 aromatic rings. The molecule has 6 heteroatoms. The summed E-state index contributed by atoms with van der Waals surface area (Å²) in [5, 5.41) is 2.91. The van der Waals surface area contributed by atoms with Crippen LogP contribution in [0.25, 0.3) is 5.65 Å². The highest BCUT2D eigenvalue weighted by molar-refractivity contribution is 5.86. The van der Waals surface area contributed by atoms with Crippen LogP contribution in [0, 0.1) is 0 Å². The van der Waals surface area contributed by atoms with E-state index in [0.29, 0.717) is 32.6 Å². The second-order valence-electron chi connectivity index (χ2n) is 5.18. The Kier molecular flexibility index (Phi) is 3.42. The van der Waals surface area contributed by atoms with Crippen molar-refractivity contribution in [2.45, 2.75) is 24.9 Å². The molecule has 0 aromatic carbocycles. The lowest BCUT2D eigenvalue weighted by Crippen LogP contribution is -2.56. The van der Waals surface area contributed by atoms with E-state index in [2.05, 4.69) is 10.3 Å². The maximum atomic E-state index is 12.2. The van der Waals surface area contributed by atoms with Crippen LogP contribution in [0.1, 0.15) is 18.4 Å². The Bertz CT molecular complexity index is 616. The molecule has 0 aliphatic carbocycles. The third kappa shape index (κ3) is 2.52. The molecule has 1 amide bonds. The summed E-state index contributed by atoms with van der Waals surface area (Å²) in [5.41, 5.74) is 7.21. The summed E-state index contributed by atoms with van der Waals surface area (Å²) >= 11 is 0. The van der Waals surface area contributed by atoms with Gasteiger partial charge < -0.3 is 20.2 Å². The molecule has 3 rings (SSSR count). The molecule has 2 aromatic heterocycles. The maximum Gasteiger partial charge on any atom is 0.240 e. The summed E-state index contributed by atoms with van der Waals surface area (Å²) in [6, 6.07) is 3.91. The maximum absolute atomic E-state index is 12.2. The highest BCUT2D eigenvalue weighted by atomic mass is 16.5. The number of carbonyl (C=O) groups is 1. The standard InChI is InChI=1S/C14H18N4O2/c15-14(2-7-20-8-3-14)13(19)17-10-11-1-5-18-6-4-16-12(18)9-11/h1,4-6,9H,2-3,7-8,10,15H2,(H,17,19). The molecule has 0 atom stereocenters. The van der Waals surface area contributed by atoms with Gasteiger partial charge in [0.25, 0.3) is 0 Å². The SMILES string of the molecule is NC1(C(=O)NCc2ccn3ccnc3c2)CCOCC1. The monoisotopic (exact) mass is 274 g/mol. The number of nitrogens with one attached hydrogen (secondary N) is 1. The minimum atomic E-state index is -0.796. The molecule has 1 fully saturated rings. The van der Waals surface area contributed by atoms with Crippen LogP contribution in [0.5, 0.6) is 0 Å². The van der Waals surface area contributed by atoms with Gasteiger partial charge in [-0.3, -0.25) is 4.79 Å². The van der Waals surface area contributed by atoms with Gasteiger partial charge >= 0.3 is 0 Å². The predicted molar refractivity (Wildman–Crippen MR) is 74.0 cm³/mol. The zero-order chi connectivity index (χ0) is 14.0. The number of carbonyl (C=O) groups excluding carboxylic acids is 1. The number of hydrogen-bond donors (Lipinski definition) is 2. The first kappa shape index (κ1) is 13.1. The van der Waals surface area contributed by atoms with Crippen LogP contribution >= 0.6 is 0 Å². The minimum Gasteiger partial charge on any atom is -0.381 e.